The van der Waals surface area contributed by atoms with Gasteiger partial charge in [0, 0.05) is 22.7 Å². The standard InChI is InChI=1S/C36H52F3NO2Si/c1-34(2,3)43(6,7)42-28-22-35(4,5)21-27-30(28)29(23-13-9-8-10-14-23)31(32(40-27)24-15-11-12-16-24)33(41)25-17-19-26(20-18-25)36(37,38)39/h17-20,23-24,28,33,41H,8-16,21-22H2,1-7H3/t28-,33+/m0/s1. The van der Waals surface area contributed by atoms with Crippen molar-refractivity contribution in [2.75, 3.05) is 0 Å². The molecule has 2 fully saturated rings. The highest BCUT2D eigenvalue weighted by Gasteiger charge is 2.46. The van der Waals surface area contributed by atoms with E-state index in [1.54, 1.807) is 0 Å². The van der Waals surface area contributed by atoms with E-state index in [2.05, 4.69) is 47.7 Å². The lowest BCUT2D eigenvalue weighted by atomic mass is 9.69. The van der Waals surface area contributed by atoms with E-state index in [0.717, 1.165) is 93.3 Å². The second kappa shape index (κ2) is 11.9. The second-order valence-corrected chi connectivity index (χ2v) is 20.7. The summed E-state index contributed by atoms with van der Waals surface area (Å²) in [6.45, 7) is 16.1. The van der Waals surface area contributed by atoms with Gasteiger partial charge in [0.25, 0.3) is 0 Å². The van der Waals surface area contributed by atoms with Gasteiger partial charge in [-0.2, -0.15) is 13.2 Å². The topological polar surface area (TPSA) is 42.4 Å². The fourth-order valence-electron chi connectivity index (χ4n) is 7.61. The average Bonchev–Trinajstić information content (AvgIpc) is 3.45. The molecule has 1 aromatic heterocycles. The van der Waals surface area contributed by atoms with Crippen molar-refractivity contribution in [3.8, 4) is 0 Å². The van der Waals surface area contributed by atoms with E-state index in [-0.39, 0.29) is 28.4 Å². The third-order valence-corrected chi connectivity index (χ3v) is 15.4. The van der Waals surface area contributed by atoms with Gasteiger partial charge in [-0.05, 0) is 91.2 Å². The first-order chi connectivity index (χ1) is 20.0. The van der Waals surface area contributed by atoms with Gasteiger partial charge >= 0.3 is 6.18 Å². The number of rotatable bonds is 6. The van der Waals surface area contributed by atoms with E-state index >= 15 is 0 Å². The Balaban J connectivity index is 1.75. The van der Waals surface area contributed by atoms with Crippen molar-refractivity contribution in [3.05, 3.63) is 63.5 Å². The number of aromatic nitrogens is 1. The molecule has 5 rings (SSSR count). The van der Waals surface area contributed by atoms with Gasteiger partial charge < -0.3 is 9.53 Å². The van der Waals surface area contributed by atoms with E-state index in [4.69, 9.17) is 9.41 Å². The summed E-state index contributed by atoms with van der Waals surface area (Å²) in [4.78, 5) is 5.49. The minimum absolute atomic E-state index is 0.0252. The van der Waals surface area contributed by atoms with Crippen LogP contribution < -0.4 is 0 Å². The third-order valence-electron chi connectivity index (χ3n) is 11.0. The van der Waals surface area contributed by atoms with Crippen LogP contribution in [0.3, 0.4) is 0 Å². The molecule has 2 atom stereocenters. The fraction of sp³-hybridized carbons (Fsp3) is 0.694. The smallest absolute Gasteiger partial charge is 0.410 e. The maximum absolute atomic E-state index is 13.4. The number of benzene rings is 1. The van der Waals surface area contributed by atoms with Crippen LogP contribution in [0.15, 0.2) is 24.3 Å². The average molecular weight is 616 g/mol. The zero-order valence-electron chi connectivity index (χ0n) is 27.3. The fourth-order valence-corrected chi connectivity index (χ4v) is 8.88. The van der Waals surface area contributed by atoms with Crippen molar-refractivity contribution in [2.45, 2.75) is 154 Å². The van der Waals surface area contributed by atoms with Crippen LogP contribution in [0.1, 0.15) is 162 Å². The highest BCUT2D eigenvalue weighted by Crippen LogP contribution is 2.53. The van der Waals surface area contributed by atoms with Gasteiger partial charge in [0.1, 0.15) is 6.10 Å². The summed E-state index contributed by atoms with van der Waals surface area (Å²) in [6, 6.07) is 5.13. The van der Waals surface area contributed by atoms with E-state index in [1.165, 1.54) is 29.7 Å². The molecule has 7 heteroatoms. The zero-order valence-corrected chi connectivity index (χ0v) is 28.3. The Kier molecular flexibility index (Phi) is 9.05. The Hall–Kier alpha value is -1.70. The van der Waals surface area contributed by atoms with Crippen LogP contribution in [-0.4, -0.2) is 18.4 Å². The Morgan fingerprint density at radius 3 is 2.00 bits per heavy atom. The van der Waals surface area contributed by atoms with Crippen LogP contribution in [-0.2, 0) is 17.0 Å². The van der Waals surface area contributed by atoms with Gasteiger partial charge in [0.15, 0.2) is 8.32 Å². The molecule has 1 heterocycles. The normalized spacial score (nSPS) is 22.9. The van der Waals surface area contributed by atoms with Crippen molar-refractivity contribution in [2.24, 2.45) is 5.41 Å². The second-order valence-electron chi connectivity index (χ2n) is 15.9. The van der Waals surface area contributed by atoms with E-state index in [9.17, 15) is 18.3 Å². The number of aliphatic hydroxyl groups is 1. The van der Waals surface area contributed by atoms with Crippen LogP contribution in [0.5, 0.6) is 0 Å². The lowest BCUT2D eigenvalue weighted by molar-refractivity contribution is -0.137. The molecule has 1 N–H and O–H groups in total. The van der Waals surface area contributed by atoms with E-state index < -0.39 is 26.2 Å². The summed E-state index contributed by atoms with van der Waals surface area (Å²) in [5.74, 6) is 0.549. The first kappa shape index (κ1) is 32.7. The molecule has 238 valence electrons. The number of halogens is 3. The Labute approximate surface area is 258 Å². The number of hydrogen-bond acceptors (Lipinski definition) is 3. The first-order valence-corrected chi connectivity index (χ1v) is 19.5. The van der Waals surface area contributed by atoms with Crippen LogP contribution in [0, 0.1) is 5.41 Å². The third kappa shape index (κ3) is 6.79. The predicted octanol–water partition coefficient (Wildman–Crippen LogP) is 10.9. The number of alkyl halides is 3. The molecule has 3 aliphatic rings. The minimum Gasteiger partial charge on any atom is -0.410 e. The maximum Gasteiger partial charge on any atom is 0.416 e. The number of hydrogen-bond donors (Lipinski definition) is 1. The molecule has 3 nitrogen and oxygen atoms in total. The summed E-state index contributed by atoms with van der Waals surface area (Å²) in [7, 11) is -2.16. The number of pyridine rings is 1. The van der Waals surface area contributed by atoms with Crippen LogP contribution >= 0.6 is 0 Å². The molecular formula is C36H52F3NO2Si. The minimum atomic E-state index is -4.42. The summed E-state index contributed by atoms with van der Waals surface area (Å²) in [6.07, 6.45) is 6.19. The summed E-state index contributed by atoms with van der Waals surface area (Å²) < 4.78 is 47.6. The first-order valence-electron chi connectivity index (χ1n) is 16.6. The van der Waals surface area contributed by atoms with E-state index in [0.29, 0.717) is 5.56 Å². The largest absolute Gasteiger partial charge is 0.416 e. The van der Waals surface area contributed by atoms with Crippen molar-refractivity contribution >= 4 is 8.32 Å². The SMILES string of the molecule is CC1(C)Cc2nc(C3CCCC3)c([C@H](O)c3ccc(C(F)(F)F)cc3)c(C3CCCCC3)c2[C@@H](O[Si](C)(C)C(C)(C)C)C1. The lowest BCUT2D eigenvalue weighted by Gasteiger charge is -2.46. The number of fused-ring (bicyclic) bond motifs is 1. The van der Waals surface area contributed by atoms with Crippen LogP contribution in [0.4, 0.5) is 13.2 Å². The number of nitrogens with zero attached hydrogens (tertiary/aromatic N) is 1. The van der Waals surface area contributed by atoms with Gasteiger partial charge in [-0.1, -0.05) is 78.9 Å². The summed E-state index contributed by atoms with van der Waals surface area (Å²) in [5, 5.41) is 12.3. The van der Waals surface area contributed by atoms with Crippen molar-refractivity contribution in [3.63, 3.8) is 0 Å². The zero-order chi connectivity index (χ0) is 31.4. The molecule has 0 saturated heterocycles. The van der Waals surface area contributed by atoms with Gasteiger partial charge in [-0.25, -0.2) is 0 Å². The van der Waals surface area contributed by atoms with Crippen molar-refractivity contribution < 1.29 is 22.7 Å². The quantitative estimate of drug-likeness (QED) is 0.329. The molecule has 0 bridgehead atoms. The predicted molar refractivity (Wildman–Crippen MR) is 170 cm³/mol. The monoisotopic (exact) mass is 615 g/mol. The molecule has 0 unspecified atom stereocenters. The molecule has 0 radical (unpaired) electrons. The molecule has 43 heavy (non-hydrogen) atoms. The molecule has 2 aromatic rings. The van der Waals surface area contributed by atoms with Gasteiger partial charge in [0.2, 0.25) is 0 Å². The van der Waals surface area contributed by atoms with Crippen LogP contribution in [0.25, 0.3) is 0 Å². The van der Waals surface area contributed by atoms with Crippen molar-refractivity contribution in [1.82, 2.24) is 4.98 Å². The highest BCUT2D eigenvalue weighted by atomic mass is 28.4. The lowest BCUT2D eigenvalue weighted by Crippen LogP contribution is -2.44. The van der Waals surface area contributed by atoms with E-state index in [1.807, 2.05) is 0 Å². The van der Waals surface area contributed by atoms with Crippen LogP contribution in [0.2, 0.25) is 18.1 Å². The Morgan fingerprint density at radius 1 is 0.884 bits per heavy atom. The van der Waals surface area contributed by atoms with Gasteiger partial charge in [-0.15, -0.1) is 0 Å². The van der Waals surface area contributed by atoms with Gasteiger partial charge in [-0.3, -0.25) is 4.98 Å². The summed E-state index contributed by atoms with van der Waals surface area (Å²) in [5.41, 5.74) is 5.25. The number of aliphatic hydroxyl groups excluding tert-OH is 1. The van der Waals surface area contributed by atoms with Gasteiger partial charge in [0.05, 0.1) is 17.4 Å². The Morgan fingerprint density at radius 2 is 1.44 bits per heavy atom. The molecule has 1 aromatic carbocycles. The molecular weight excluding hydrogens is 563 g/mol. The molecule has 0 amide bonds. The molecule has 3 aliphatic carbocycles. The molecule has 0 spiro atoms. The summed E-state index contributed by atoms with van der Waals surface area (Å²) >= 11 is 0. The molecule has 0 aliphatic heterocycles. The Bertz CT molecular complexity index is 1280. The highest BCUT2D eigenvalue weighted by molar-refractivity contribution is 6.74. The molecule has 2 saturated carbocycles. The van der Waals surface area contributed by atoms with Crippen molar-refractivity contribution in [1.29, 1.82) is 0 Å². The maximum atomic E-state index is 13.4.